The summed E-state index contributed by atoms with van der Waals surface area (Å²) in [6.07, 6.45) is -12.0. The van der Waals surface area contributed by atoms with Crippen LogP contribution in [0.1, 0.15) is 32.3 Å². The second-order valence-electron chi connectivity index (χ2n) is 6.97. The highest BCUT2D eigenvalue weighted by Crippen LogP contribution is 2.54. The van der Waals surface area contributed by atoms with Gasteiger partial charge in [-0.2, -0.15) is 44.8 Å². The van der Waals surface area contributed by atoms with Crippen molar-refractivity contribution >= 4 is 11.9 Å². The maximum atomic E-state index is 13.6. The molecule has 14 heteroatoms. The van der Waals surface area contributed by atoms with Gasteiger partial charge in [-0.15, -0.1) is 0 Å². The van der Waals surface area contributed by atoms with E-state index in [0.717, 1.165) is 13.8 Å². The van der Waals surface area contributed by atoms with Crippen molar-refractivity contribution in [2.75, 3.05) is 0 Å². The van der Waals surface area contributed by atoms with Crippen LogP contribution in [0.5, 0.6) is 0 Å². The summed E-state index contributed by atoms with van der Waals surface area (Å²) in [5, 5.41) is 12.2. The molecular formula is C18H15F9N2O3. The molecule has 0 atom stereocenters. The number of hydrogen-bond acceptors (Lipinski definition) is 5. The maximum absolute atomic E-state index is 13.6. The fourth-order valence-corrected chi connectivity index (χ4v) is 2.13. The van der Waals surface area contributed by atoms with Gasteiger partial charge in [0.05, 0.1) is 0 Å². The number of oxime groups is 1. The number of benzene rings is 1. The Morgan fingerprint density at radius 2 is 1.47 bits per heavy atom. The molecule has 0 heterocycles. The molecule has 1 rings (SSSR count). The van der Waals surface area contributed by atoms with Gasteiger partial charge in [-0.3, -0.25) is 4.84 Å². The smallest absolute Gasteiger partial charge is 0.427 e. The largest absolute Gasteiger partial charge is 0.535 e. The van der Waals surface area contributed by atoms with Crippen molar-refractivity contribution in [1.29, 1.82) is 5.26 Å². The van der Waals surface area contributed by atoms with Gasteiger partial charge in [-0.1, -0.05) is 35.5 Å². The molecule has 0 amide bonds. The highest BCUT2D eigenvalue weighted by atomic mass is 19.4. The van der Waals surface area contributed by atoms with Crippen LogP contribution in [0.3, 0.4) is 0 Å². The van der Waals surface area contributed by atoms with E-state index in [2.05, 4.69) is 14.7 Å². The van der Waals surface area contributed by atoms with Crippen molar-refractivity contribution in [2.24, 2.45) is 5.16 Å². The summed E-state index contributed by atoms with van der Waals surface area (Å²) in [4.78, 5) is 15.9. The van der Waals surface area contributed by atoms with Crippen LogP contribution >= 0.6 is 0 Å². The minimum Gasteiger partial charge on any atom is -0.427 e. The Bertz CT molecular complexity index is 876. The number of rotatable bonds is 8. The van der Waals surface area contributed by atoms with Gasteiger partial charge in [0.15, 0.2) is 5.71 Å². The van der Waals surface area contributed by atoms with Crippen molar-refractivity contribution in [2.45, 2.75) is 56.2 Å². The molecule has 0 saturated carbocycles. The first-order valence-corrected chi connectivity index (χ1v) is 8.51. The molecule has 0 saturated heterocycles. The molecule has 0 aliphatic carbocycles. The summed E-state index contributed by atoms with van der Waals surface area (Å²) >= 11 is 0. The van der Waals surface area contributed by atoms with Gasteiger partial charge in [-0.05, 0) is 20.3 Å². The second kappa shape index (κ2) is 9.25. The van der Waals surface area contributed by atoms with E-state index in [4.69, 9.17) is 5.26 Å². The van der Waals surface area contributed by atoms with Crippen LogP contribution in [0.2, 0.25) is 0 Å². The Balaban J connectivity index is 2.83. The molecule has 0 spiro atoms. The normalized spacial score (nSPS) is 14.0. The molecular weight excluding hydrogens is 463 g/mol. The zero-order valence-corrected chi connectivity index (χ0v) is 16.3. The summed E-state index contributed by atoms with van der Waals surface area (Å²) in [7, 11) is 0. The van der Waals surface area contributed by atoms with Gasteiger partial charge >= 0.3 is 30.1 Å². The molecule has 0 bridgehead atoms. The molecule has 0 N–H and O–H groups in total. The summed E-state index contributed by atoms with van der Waals surface area (Å²) in [6, 6.07) is 9.13. The first kappa shape index (κ1) is 27.1. The number of nitrogens with zero attached hydrogens (tertiary/aromatic N) is 2. The lowest BCUT2D eigenvalue weighted by molar-refractivity contribution is -0.397. The third-order valence-electron chi connectivity index (χ3n) is 3.97. The number of halogens is 9. The molecule has 178 valence electrons. The SMILES string of the molecule is CC(C)(CCC(F)(F)C(F)(F)C(F)(F)C(F)(F)F)OC(=O)ON=C(C#N)c1ccccc1. The predicted octanol–water partition coefficient (Wildman–Crippen LogP) is 6.09. The van der Waals surface area contributed by atoms with E-state index in [0.29, 0.717) is 0 Å². The molecule has 32 heavy (non-hydrogen) atoms. The van der Waals surface area contributed by atoms with Crippen LogP contribution in [0, 0.1) is 11.3 Å². The molecule has 0 aliphatic rings. The zero-order chi connectivity index (χ0) is 25.0. The predicted molar refractivity (Wildman–Crippen MR) is 90.4 cm³/mol. The summed E-state index contributed by atoms with van der Waals surface area (Å²) in [6.45, 7) is 1.77. The van der Waals surface area contributed by atoms with Crippen LogP contribution in [-0.4, -0.2) is 41.4 Å². The lowest BCUT2D eigenvalue weighted by Gasteiger charge is -2.35. The first-order chi connectivity index (χ1) is 14.4. The van der Waals surface area contributed by atoms with Crippen LogP contribution in [0.15, 0.2) is 35.5 Å². The summed E-state index contributed by atoms with van der Waals surface area (Å²) < 4.78 is 121. The molecule has 0 unspecified atom stereocenters. The average Bonchev–Trinajstić information content (AvgIpc) is 2.66. The Hall–Kier alpha value is -2.98. The van der Waals surface area contributed by atoms with Gasteiger partial charge in [-0.25, -0.2) is 4.79 Å². The lowest BCUT2D eigenvalue weighted by Crippen LogP contribution is -2.61. The van der Waals surface area contributed by atoms with E-state index in [-0.39, 0.29) is 11.3 Å². The third kappa shape index (κ3) is 6.04. The van der Waals surface area contributed by atoms with Crippen molar-refractivity contribution in [3.05, 3.63) is 35.9 Å². The Morgan fingerprint density at radius 1 is 0.938 bits per heavy atom. The first-order valence-electron chi connectivity index (χ1n) is 8.51. The highest BCUT2D eigenvalue weighted by Gasteiger charge is 2.81. The number of carbonyl (C=O) groups is 1. The number of alkyl halides is 9. The summed E-state index contributed by atoms with van der Waals surface area (Å²) in [5.74, 6) is -19.6. The number of nitriles is 1. The molecule has 0 radical (unpaired) electrons. The molecule has 1 aromatic carbocycles. The van der Waals surface area contributed by atoms with E-state index in [1.54, 1.807) is 12.1 Å². The van der Waals surface area contributed by atoms with Gasteiger partial charge in [0.25, 0.3) is 0 Å². The maximum Gasteiger partial charge on any atom is 0.535 e. The number of hydrogen-bond donors (Lipinski definition) is 0. The van der Waals surface area contributed by atoms with Crippen molar-refractivity contribution in [3.8, 4) is 6.07 Å². The molecule has 0 aliphatic heterocycles. The zero-order valence-electron chi connectivity index (χ0n) is 16.3. The Labute approximate surface area is 175 Å². The van der Waals surface area contributed by atoms with Gasteiger partial charge in [0.2, 0.25) is 0 Å². The van der Waals surface area contributed by atoms with Crippen LogP contribution in [-0.2, 0) is 9.57 Å². The van der Waals surface area contributed by atoms with E-state index in [1.807, 2.05) is 0 Å². The molecule has 0 fully saturated rings. The van der Waals surface area contributed by atoms with Crippen molar-refractivity contribution in [3.63, 3.8) is 0 Å². The fraction of sp³-hybridized carbons (Fsp3) is 0.500. The Kier molecular flexibility index (Phi) is 7.82. The van der Waals surface area contributed by atoms with Gasteiger partial charge in [0, 0.05) is 12.0 Å². The van der Waals surface area contributed by atoms with Crippen LogP contribution < -0.4 is 0 Å². The monoisotopic (exact) mass is 478 g/mol. The molecule has 1 aromatic rings. The van der Waals surface area contributed by atoms with Gasteiger partial charge < -0.3 is 4.74 Å². The lowest BCUT2D eigenvalue weighted by atomic mass is 9.94. The molecule has 0 aromatic heterocycles. The quantitative estimate of drug-likeness (QED) is 0.149. The molecule has 5 nitrogen and oxygen atoms in total. The van der Waals surface area contributed by atoms with Crippen LogP contribution in [0.25, 0.3) is 0 Å². The Morgan fingerprint density at radius 3 is 1.94 bits per heavy atom. The third-order valence-corrected chi connectivity index (χ3v) is 3.97. The fourth-order valence-electron chi connectivity index (χ4n) is 2.13. The van der Waals surface area contributed by atoms with E-state index >= 15 is 0 Å². The number of carbonyl (C=O) groups excluding carboxylic acids is 1. The second-order valence-corrected chi connectivity index (χ2v) is 6.97. The summed E-state index contributed by atoms with van der Waals surface area (Å²) in [5.41, 5.74) is -2.23. The van der Waals surface area contributed by atoms with Crippen molar-refractivity contribution in [1.82, 2.24) is 0 Å². The van der Waals surface area contributed by atoms with E-state index in [1.165, 1.54) is 24.3 Å². The topological polar surface area (TPSA) is 71.7 Å². The standard InChI is InChI=1S/C18H15F9N2O3/c1-14(2,8-9-15(19,20)16(21,22)17(23,24)18(25,26)27)31-13(30)32-29-12(10-28)11-6-4-3-5-7-11/h3-7H,8-9H2,1-2H3. The highest BCUT2D eigenvalue weighted by molar-refractivity contribution is 6.11. The average molecular weight is 478 g/mol. The minimum atomic E-state index is -7.01. The van der Waals surface area contributed by atoms with E-state index < -0.39 is 48.5 Å². The minimum absolute atomic E-state index is 0.231. The van der Waals surface area contributed by atoms with Crippen molar-refractivity contribution < 1.29 is 53.9 Å². The van der Waals surface area contributed by atoms with Crippen LogP contribution in [0.4, 0.5) is 44.3 Å². The van der Waals surface area contributed by atoms with E-state index in [9.17, 15) is 44.3 Å². The van der Waals surface area contributed by atoms with Gasteiger partial charge in [0.1, 0.15) is 11.7 Å². The number of ether oxygens (including phenoxy) is 1.